The zero-order chi connectivity index (χ0) is 19.6. The maximum absolute atomic E-state index is 12.6. The normalized spacial score (nSPS) is 27.2. The number of nitrogens with one attached hydrogen (secondary N) is 1. The Morgan fingerprint density at radius 1 is 1.37 bits per heavy atom. The number of β-lactam (4-membered cyclic amide) rings is 1. The Balaban J connectivity index is 1.72. The monoisotopic (exact) mass is 370 g/mol. The Morgan fingerprint density at radius 3 is 2.67 bits per heavy atom. The molecule has 2 saturated heterocycles. The highest BCUT2D eigenvalue weighted by Crippen LogP contribution is 2.33. The molecule has 144 valence electrons. The molecular weight excluding hydrogens is 344 g/mol. The molecule has 1 unspecified atom stereocenters. The van der Waals surface area contributed by atoms with E-state index in [0.29, 0.717) is 24.4 Å². The molecule has 0 radical (unpaired) electrons. The molecule has 1 N–H and O–H groups in total. The van der Waals surface area contributed by atoms with E-state index < -0.39 is 11.8 Å². The van der Waals surface area contributed by atoms with Crippen molar-refractivity contribution >= 4 is 11.7 Å². The highest BCUT2D eigenvalue weighted by Gasteiger charge is 2.54. The van der Waals surface area contributed by atoms with Crippen LogP contribution >= 0.6 is 0 Å². The predicted octanol–water partition coefficient (Wildman–Crippen LogP) is 2.28. The second-order valence-corrected chi connectivity index (χ2v) is 7.32. The number of ketones is 1. The number of allylic oxidation sites excluding steroid dienone is 2. The zero-order valence-electron chi connectivity index (χ0n) is 16.0. The van der Waals surface area contributed by atoms with Crippen LogP contribution < -0.4 is 5.32 Å². The van der Waals surface area contributed by atoms with E-state index in [1.54, 1.807) is 30.0 Å². The summed E-state index contributed by atoms with van der Waals surface area (Å²) in [6.45, 7) is 10.1. The van der Waals surface area contributed by atoms with Crippen LogP contribution in [0.3, 0.4) is 0 Å². The number of likely N-dealkylation sites (tertiary alicyclic amines) is 1. The van der Waals surface area contributed by atoms with Crippen LogP contribution in [0.5, 0.6) is 0 Å². The molecule has 3 rings (SSSR count). The Labute approximate surface area is 159 Å². The molecule has 2 aliphatic rings. The van der Waals surface area contributed by atoms with Crippen LogP contribution in [-0.2, 0) is 14.3 Å². The molecule has 2 heterocycles. The van der Waals surface area contributed by atoms with Crippen molar-refractivity contribution in [2.24, 2.45) is 0 Å². The van der Waals surface area contributed by atoms with Gasteiger partial charge in [0.25, 0.3) is 0 Å². The van der Waals surface area contributed by atoms with Crippen molar-refractivity contribution in [3.8, 4) is 0 Å². The van der Waals surface area contributed by atoms with Crippen LogP contribution in [0.1, 0.15) is 31.1 Å². The summed E-state index contributed by atoms with van der Waals surface area (Å²) in [5.74, 6) is -0.802. The van der Waals surface area contributed by atoms with E-state index in [4.69, 9.17) is 9.47 Å². The van der Waals surface area contributed by atoms with Crippen LogP contribution in [0.4, 0.5) is 0 Å². The number of benzene rings is 1. The molecule has 6 nitrogen and oxygen atoms in total. The van der Waals surface area contributed by atoms with E-state index in [0.717, 1.165) is 0 Å². The topological polar surface area (TPSA) is 67.9 Å². The van der Waals surface area contributed by atoms with Crippen molar-refractivity contribution in [1.29, 1.82) is 0 Å². The molecule has 1 aromatic rings. The summed E-state index contributed by atoms with van der Waals surface area (Å²) < 4.78 is 11.6. The predicted molar refractivity (Wildman–Crippen MR) is 102 cm³/mol. The van der Waals surface area contributed by atoms with E-state index in [-0.39, 0.29) is 23.8 Å². The van der Waals surface area contributed by atoms with Crippen molar-refractivity contribution in [1.82, 2.24) is 10.2 Å². The molecule has 6 heteroatoms. The Hall–Kier alpha value is -2.44. The lowest BCUT2D eigenvalue weighted by Gasteiger charge is -2.49. The summed E-state index contributed by atoms with van der Waals surface area (Å²) in [5.41, 5.74) is 1.25. The van der Waals surface area contributed by atoms with E-state index in [2.05, 4.69) is 11.9 Å². The number of hydrogen-bond donors (Lipinski definition) is 1. The van der Waals surface area contributed by atoms with Gasteiger partial charge in [0, 0.05) is 23.9 Å². The Bertz CT molecular complexity index is 757. The van der Waals surface area contributed by atoms with Crippen LogP contribution in [0.15, 0.2) is 54.8 Å². The molecular formula is C21H26N2O4. The first kappa shape index (κ1) is 19.3. The first-order valence-electron chi connectivity index (χ1n) is 9.10. The molecule has 0 bridgehead atoms. The summed E-state index contributed by atoms with van der Waals surface area (Å²) in [5, 5.41) is 3.19. The van der Waals surface area contributed by atoms with Crippen molar-refractivity contribution in [3.05, 3.63) is 60.3 Å². The highest BCUT2D eigenvalue weighted by molar-refractivity contribution is 6.04. The largest absolute Gasteiger partial charge is 0.375 e. The molecule has 1 amide bonds. The van der Waals surface area contributed by atoms with Gasteiger partial charge >= 0.3 is 0 Å². The SMILES string of the molecule is C=CCN1C(=O)[C@@H](NC(C)=CC(=O)c2ccccc2)[C@H]1C1COC(C)(C)O1. The lowest BCUT2D eigenvalue weighted by atomic mass is 9.89. The molecule has 0 saturated carbocycles. The number of ether oxygens (including phenoxy) is 2. The third kappa shape index (κ3) is 4.12. The smallest absolute Gasteiger partial charge is 0.248 e. The van der Waals surface area contributed by atoms with Gasteiger partial charge in [-0.25, -0.2) is 0 Å². The molecule has 27 heavy (non-hydrogen) atoms. The van der Waals surface area contributed by atoms with Gasteiger partial charge < -0.3 is 19.7 Å². The lowest BCUT2D eigenvalue weighted by Crippen LogP contribution is -2.73. The minimum atomic E-state index is -0.665. The summed E-state index contributed by atoms with van der Waals surface area (Å²) in [7, 11) is 0. The van der Waals surface area contributed by atoms with Gasteiger partial charge in [-0.15, -0.1) is 6.58 Å². The fourth-order valence-electron chi connectivity index (χ4n) is 3.54. The molecule has 2 aliphatic heterocycles. The summed E-state index contributed by atoms with van der Waals surface area (Å²) in [6, 6.07) is 8.41. The average Bonchev–Trinajstić information content (AvgIpc) is 3.00. The minimum Gasteiger partial charge on any atom is -0.375 e. The number of rotatable bonds is 7. The summed E-state index contributed by atoms with van der Waals surface area (Å²) in [4.78, 5) is 26.7. The minimum absolute atomic E-state index is 0.0342. The van der Waals surface area contributed by atoms with E-state index >= 15 is 0 Å². The zero-order valence-corrected chi connectivity index (χ0v) is 16.0. The lowest BCUT2D eigenvalue weighted by molar-refractivity contribution is -0.172. The molecule has 0 aliphatic carbocycles. The fourth-order valence-corrected chi connectivity index (χ4v) is 3.54. The molecule has 3 atom stereocenters. The average molecular weight is 370 g/mol. The van der Waals surface area contributed by atoms with Crippen molar-refractivity contribution in [2.75, 3.05) is 13.2 Å². The third-order valence-electron chi connectivity index (χ3n) is 4.78. The first-order chi connectivity index (χ1) is 12.8. The Kier molecular flexibility index (Phi) is 5.48. The Morgan fingerprint density at radius 2 is 2.07 bits per heavy atom. The summed E-state index contributed by atoms with van der Waals surface area (Å²) >= 11 is 0. The quantitative estimate of drug-likeness (QED) is 0.345. The van der Waals surface area contributed by atoms with Gasteiger partial charge in [-0.05, 0) is 20.8 Å². The van der Waals surface area contributed by atoms with Crippen molar-refractivity contribution < 1.29 is 19.1 Å². The van der Waals surface area contributed by atoms with Gasteiger partial charge in [-0.2, -0.15) is 0 Å². The molecule has 0 spiro atoms. The van der Waals surface area contributed by atoms with Crippen molar-refractivity contribution in [3.63, 3.8) is 0 Å². The van der Waals surface area contributed by atoms with Gasteiger partial charge in [0.05, 0.1) is 12.6 Å². The van der Waals surface area contributed by atoms with Gasteiger partial charge in [0.2, 0.25) is 5.91 Å². The maximum Gasteiger partial charge on any atom is 0.248 e. The maximum atomic E-state index is 12.6. The summed E-state index contributed by atoms with van der Waals surface area (Å²) in [6.07, 6.45) is 2.99. The van der Waals surface area contributed by atoms with Gasteiger partial charge in [-0.1, -0.05) is 36.4 Å². The van der Waals surface area contributed by atoms with Crippen LogP contribution in [-0.4, -0.2) is 53.7 Å². The molecule has 1 aromatic carbocycles. The first-order valence-corrected chi connectivity index (χ1v) is 9.10. The molecule has 2 fully saturated rings. The number of carbonyl (C=O) groups is 2. The number of hydrogen-bond acceptors (Lipinski definition) is 5. The van der Waals surface area contributed by atoms with Crippen LogP contribution in [0.25, 0.3) is 0 Å². The third-order valence-corrected chi connectivity index (χ3v) is 4.78. The van der Waals surface area contributed by atoms with Crippen LogP contribution in [0.2, 0.25) is 0 Å². The van der Waals surface area contributed by atoms with Crippen molar-refractivity contribution in [2.45, 2.75) is 44.7 Å². The van der Waals surface area contributed by atoms with E-state index in [1.807, 2.05) is 32.0 Å². The second-order valence-electron chi connectivity index (χ2n) is 7.32. The van der Waals surface area contributed by atoms with E-state index in [1.165, 1.54) is 6.08 Å². The number of carbonyl (C=O) groups excluding carboxylic acids is 2. The standard InChI is InChI=1S/C21H26N2O4/c1-5-11-23-19(17-13-26-21(3,4)27-17)18(20(23)25)22-14(2)12-16(24)15-9-7-6-8-10-15/h5-10,12,17-19,22H,1,11,13H2,2-4H3/t17?,18-,19+/m0/s1. The fraction of sp³-hybridized carbons (Fsp3) is 0.429. The second kappa shape index (κ2) is 7.66. The number of amides is 1. The highest BCUT2D eigenvalue weighted by atomic mass is 16.7. The van der Waals surface area contributed by atoms with E-state index in [9.17, 15) is 9.59 Å². The van der Waals surface area contributed by atoms with Gasteiger partial charge in [0.15, 0.2) is 11.6 Å². The van der Waals surface area contributed by atoms with Gasteiger partial charge in [-0.3, -0.25) is 9.59 Å². The number of nitrogens with zero attached hydrogens (tertiary/aromatic N) is 1. The van der Waals surface area contributed by atoms with Crippen LogP contribution in [0, 0.1) is 0 Å². The van der Waals surface area contributed by atoms with Gasteiger partial charge in [0.1, 0.15) is 12.1 Å². The molecule has 0 aromatic heterocycles.